The Morgan fingerprint density at radius 2 is 1.95 bits per heavy atom. The van der Waals surface area contributed by atoms with E-state index in [2.05, 4.69) is 26.1 Å². The summed E-state index contributed by atoms with van der Waals surface area (Å²) in [4.78, 5) is 24.9. The van der Waals surface area contributed by atoms with Gasteiger partial charge in [0, 0.05) is 26.1 Å². The zero-order chi connectivity index (χ0) is 16.0. The molecule has 0 radical (unpaired) electrons. The van der Waals surface area contributed by atoms with E-state index < -0.39 is 12.0 Å². The molecular formula is C15H28N2O4. The topological polar surface area (TPSA) is 89.9 Å². The molecule has 1 rings (SSSR count). The van der Waals surface area contributed by atoms with Crippen LogP contribution in [0.25, 0.3) is 0 Å². The Morgan fingerprint density at radius 3 is 2.48 bits per heavy atom. The SMILES string of the molecule is CC(C)(C)C1CCCN(C(=O)NC(CCO)C(=O)O)CC1. The standard InChI is InChI=1S/C15H28N2O4/c1-15(2,3)11-5-4-8-17(9-6-11)14(21)16-12(7-10-18)13(19)20/h11-12,18H,4-10H2,1-3H3,(H,16,21)(H,19,20). The highest BCUT2D eigenvalue weighted by molar-refractivity contribution is 5.82. The number of carboxylic acid groups (broad SMARTS) is 1. The van der Waals surface area contributed by atoms with Gasteiger partial charge in [0.1, 0.15) is 6.04 Å². The number of amides is 2. The fourth-order valence-corrected chi connectivity index (χ4v) is 2.79. The van der Waals surface area contributed by atoms with Crippen LogP contribution in [0.15, 0.2) is 0 Å². The van der Waals surface area contributed by atoms with Gasteiger partial charge >= 0.3 is 12.0 Å². The van der Waals surface area contributed by atoms with Crippen molar-refractivity contribution in [1.29, 1.82) is 0 Å². The van der Waals surface area contributed by atoms with E-state index >= 15 is 0 Å². The van der Waals surface area contributed by atoms with Gasteiger partial charge in [0.15, 0.2) is 0 Å². The summed E-state index contributed by atoms with van der Waals surface area (Å²) >= 11 is 0. The number of likely N-dealkylation sites (tertiary alicyclic amines) is 1. The minimum Gasteiger partial charge on any atom is -0.480 e. The number of carboxylic acids is 1. The first-order chi connectivity index (χ1) is 9.75. The predicted molar refractivity (Wildman–Crippen MR) is 80.0 cm³/mol. The number of aliphatic hydroxyl groups is 1. The maximum absolute atomic E-state index is 12.2. The molecule has 122 valence electrons. The fraction of sp³-hybridized carbons (Fsp3) is 0.867. The summed E-state index contributed by atoms with van der Waals surface area (Å²) in [5.74, 6) is -0.539. The summed E-state index contributed by atoms with van der Waals surface area (Å²) in [7, 11) is 0. The molecule has 1 fully saturated rings. The first-order valence-corrected chi connectivity index (χ1v) is 7.64. The van der Waals surface area contributed by atoms with Gasteiger partial charge in [-0.3, -0.25) is 0 Å². The monoisotopic (exact) mass is 300 g/mol. The van der Waals surface area contributed by atoms with Crippen molar-refractivity contribution >= 4 is 12.0 Å². The zero-order valence-corrected chi connectivity index (χ0v) is 13.3. The van der Waals surface area contributed by atoms with E-state index in [9.17, 15) is 9.59 Å². The average Bonchev–Trinajstić information content (AvgIpc) is 2.63. The average molecular weight is 300 g/mol. The van der Waals surface area contributed by atoms with Gasteiger partial charge in [-0.05, 0) is 30.6 Å². The lowest BCUT2D eigenvalue weighted by atomic mass is 9.77. The van der Waals surface area contributed by atoms with Crippen molar-refractivity contribution in [2.24, 2.45) is 11.3 Å². The van der Waals surface area contributed by atoms with Crippen LogP contribution in [0.4, 0.5) is 4.79 Å². The molecule has 2 atom stereocenters. The number of hydrogen-bond acceptors (Lipinski definition) is 3. The van der Waals surface area contributed by atoms with Gasteiger partial charge in [-0.2, -0.15) is 0 Å². The molecule has 0 spiro atoms. The second-order valence-corrected chi connectivity index (χ2v) is 6.83. The normalized spacial score (nSPS) is 21.5. The number of hydrogen-bond donors (Lipinski definition) is 3. The molecule has 3 N–H and O–H groups in total. The van der Waals surface area contributed by atoms with Crippen LogP contribution in [-0.2, 0) is 4.79 Å². The second-order valence-electron chi connectivity index (χ2n) is 6.83. The molecule has 6 heteroatoms. The predicted octanol–water partition coefficient (Wildman–Crippen LogP) is 1.68. The van der Waals surface area contributed by atoms with Crippen LogP contribution in [0.3, 0.4) is 0 Å². The Bertz CT molecular complexity index is 365. The Labute approximate surface area is 126 Å². The molecule has 2 unspecified atom stereocenters. The number of carbonyl (C=O) groups excluding carboxylic acids is 1. The maximum Gasteiger partial charge on any atom is 0.326 e. The maximum atomic E-state index is 12.2. The van der Waals surface area contributed by atoms with E-state index in [1.54, 1.807) is 4.90 Å². The van der Waals surface area contributed by atoms with E-state index in [1.165, 1.54) is 0 Å². The van der Waals surface area contributed by atoms with Gasteiger partial charge in [-0.1, -0.05) is 20.8 Å². The lowest BCUT2D eigenvalue weighted by molar-refractivity contribution is -0.139. The third kappa shape index (κ3) is 5.53. The van der Waals surface area contributed by atoms with Crippen molar-refractivity contribution in [3.05, 3.63) is 0 Å². The van der Waals surface area contributed by atoms with Gasteiger partial charge in [0.2, 0.25) is 0 Å². The minimum atomic E-state index is -1.11. The number of nitrogens with one attached hydrogen (secondary N) is 1. The minimum absolute atomic E-state index is 0.0273. The van der Waals surface area contributed by atoms with E-state index in [1.807, 2.05) is 0 Å². The molecule has 0 aromatic rings. The molecule has 21 heavy (non-hydrogen) atoms. The summed E-state index contributed by atoms with van der Waals surface area (Å²) in [6.45, 7) is 7.70. The molecule has 0 aliphatic carbocycles. The molecule has 0 bridgehead atoms. The van der Waals surface area contributed by atoms with Crippen LogP contribution in [-0.4, -0.2) is 52.9 Å². The number of carbonyl (C=O) groups is 2. The zero-order valence-electron chi connectivity index (χ0n) is 13.3. The van der Waals surface area contributed by atoms with Crippen LogP contribution < -0.4 is 5.32 Å². The van der Waals surface area contributed by atoms with Crippen LogP contribution >= 0.6 is 0 Å². The summed E-state index contributed by atoms with van der Waals surface area (Å²) in [5.41, 5.74) is 0.229. The summed E-state index contributed by atoms with van der Waals surface area (Å²) in [5, 5.41) is 20.4. The molecule has 6 nitrogen and oxygen atoms in total. The largest absolute Gasteiger partial charge is 0.480 e. The van der Waals surface area contributed by atoms with Crippen LogP contribution in [0.2, 0.25) is 0 Å². The molecule has 1 heterocycles. The third-order valence-electron chi connectivity index (χ3n) is 4.25. The molecule has 1 aliphatic rings. The molecule has 2 amide bonds. The van der Waals surface area contributed by atoms with E-state index in [0.717, 1.165) is 19.3 Å². The molecule has 0 aromatic carbocycles. The second kappa shape index (κ2) is 7.64. The number of nitrogens with zero attached hydrogens (tertiary/aromatic N) is 1. The highest BCUT2D eigenvalue weighted by Gasteiger charge is 2.29. The van der Waals surface area contributed by atoms with E-state index in [4.69, 9.17) is 10.2 Å². The highest BCUT2D eigenvalue weighted by atomic mass is 16.4. The van der Waals surface area contributed by atoms with Gasteiger partial charge in [0.25, 0.3) is 0 Å². The van der Waals surface area contributed by atoms with Gasteiger partial charge in [-0.25, -0.2) is 9.59 Å². The molecule has 0 saturated carbocycles. The lowest BCUT2D eigenvalue weighted by Crippen LogP contribution is -2.48. The van der Waals surface area contributed by atoms with E-state index in [0.29, 0.717) is 19.0 Å². The van der Waals surface area contributed by atoms with Gasteiger partial charge in [-0.15, -0.1) is 0 Å². The van der Waals surface area contributed by atoms with Crippen molar-refractivity contribution in [2.75, 3.05) is 19.7 Å². The molecule has 1 aliphatic heterocycles. The Hall–Kier alpha value is -1.30. The van der Waals surface area contributed by atoms with Crippen molar-refractivity contribution < 1.29 is 19.8 Å². The first-order valence-electron chi connectivity index (χ1n) is 7.64. The van der Waals surface area contributed by atoms with Crippen molar-refractivity contribution in [1.82, 2.24) is 10.2 Å². The van der Waals surface area contributed by atoms with Crippen molar-refractivity contribution in [2.45, 2.75) is 52.5 Å². The Balaban J connectivity index is 2.57. The van der Waals surface area contributed by atoms with Crippen LogP contribution in [0.5, 0.6) is 0 Å². The van der Waals surface area contributed by atoms with Crippen LogP contribution in [0.1, 0.15) is 46.5 Å². The number of aliphatic hydroxyl groups excluding tert-OH is 1. The molecular weight excluding hydrogens is 272 g/mol. The summed E-state index contributed by atoms with van der Waals surface area (Å²) < 4.78 is 0. The molecule has 0 aromatic heterocycles. The van der Waals surface area contributed by atoms with Gasteiger partial charge in [0.05, 0.1) is 0 Å². The highest BCUT2D eigenvalue weighted by Crippen LogP contribution is 2.34. The summed E-state index contributed by atoms with van der Waals surface area (Å²) in [6.07, 6.45) is 2.99. The van der Waals surface area contributed by atoms with E-state index in [-0.39, 0.29) is 24.5 Å². The van der Waals surface area contributed by atoms with Gasteiger partial charge < -0.3 is 20.4 Å². The smallest absolute Gasteiger partial charge is 0.326 e. The number of aliphatic carboxylic acids is 1. The summed E-state index contributed by atoms with van der Waals surface area (Å²) in [6, 6.07) is -1.37. The quantitative estimate of drug-likeness (QED) is 0.737. The fourth-order valence-electron chi connectivity index (χ4n) is 2.79. The number of urea groups is 1. The molecule has 1 saturated heterocycles. The first kappa shape index (κ1) is 17.8. The third-order valence-corrected chi connectivity index (χ3v) is 4.25. The van der Waals surface area contributed by atoms with Crippen molar-refractivity contribution in [3.63, 3.8) is 0 Å². The lowest BCUT2D eigenvalue weighted by Gasteiger charge is -2.30. The van der Waals surface area contributed by atoms with Crippen molar-refractivity contribution in [3.8, 4) is 0 Å². The Kier molecular flexibility index (Phi) is 6.45. The Morgan fingerprint density at radius 1 is 1.29 bits per heavy atom. The number of rotatable bonds is 4. The van der Waals surface area contributed by atoms with Crippen LogP contribution in [0, 0.1) is 11.3 Å².